The van der Waals surface area contributed by atoms with Crippen LogP contribution < -0.4 is 33.9 Å². The molecule has 2 amide bonds. The molecule has 1 N–H and O–H groups in total. The first-order valence-electron chi connectivity index (χ1n) is 10.6. The van der Waals surface area contributed by atoms with Crippen LogP contribution >= 0.6 is 11.3 Å². The molecule has 4 rings (SSSR count). The van der Waals surface area contributed by atoms with Crippen molar-refractivity contribution in [2.75, 3.05) is 71.9 Å². The molecule has 1 aromatic heterocycles. The van der Waals surface area contributed by atoms with Gasteiger partial charge in [-0.25, -0.2) is 9.78 Å². The topological polar surface area (TPSA) is 94.6 Å². The van der Waals surface area contributed by atoms with Gasteiger partial charge < -0.3 is 38.8 Å². The van der Waals surface area contributed by atoms with Crippen LogP contribution in [0, 0.1) is 0 Å². The molecule has 0 unspecified atom stereocenters. The summed E-state index contributed by atoms with van der Waals surface area (Å²) in [4.78, 5) is 21.6. The largest absolute Gasteiger partial charge is 0.495 e. The van der Waals surface area contributed by atoms with Crippen LogP contribution in [0.4, 0.5) is 15.6 Å². The number of amides is 2. The van der Waals surface area contributed by atoms with Crippen molar-refractivity contribution in [2.45, 2.75) is 0 Å². The Morgan fingerprint density at radius 2 is 1.44 bits per heavy atom. The summed E-state index contributed by atoms with van der Waals surface area (Å²) < 4.78 is 28.0. The summed E-state index contributed by atoms with van der Waals surface area (Å²) in [6.07, 6.45) is 0. The van der Waals surface area contributed by atoms with E-state index in [1.165, 1.54) is 21.3 Å². The van der Waals surface area contributed by atoms with Crippen LogP contribution in [0.3, 0.4) is 0 Å². The van der Waals surface area contributed by atoms with Gasteiger partial charge in [0.1, 0.15) is 21.7 Å². The van der Waals surface area contributed by atoms with Crippen molar-refractivity contribution in [3.8, 4) is 28.7 Å². The standard InChI is InChI=1S/C23H28N4O6S/c1-29-15-6-7-16(30-2)21-19(15)25-23(34-21)27-10-8-26(9-11-27)22(28)24-14-12-17(31-3)20(33-5)18(13-14)32-4/h6-7,12-13H,8-11H2,1-5H3,(H,24,28). The van der Waals surface area contributed by atoms with Crippen molar-refractivity contribution in [2.24, 2.45) is 0 Å². The number of anilines is 2. The van der Waals surface area contributed by atoms with Gasteiger partial charge in [0, 0.05) is 38.3 Å². The van der Waals surface area contributed by atoms with Crippen LogP contribution in [-0.4, -0.2) is 77.6 Å². The smallest absolute Gasteiger partial charge is 0.321 e. The third-order valence-electron chi connectivity index (χ3n) is 5.65. The van der Waals surface area contributed by atoms with Gasteiger partial charge >= 0.3 is 6.03 Å². The van der Waals surface area contributed by atoms with Crippen molar-refractivity contribution in [3.05, 3.63) is 24.3 Å². The van der Waals surface area contributed by atoms with Gasteiger partial charge in [0.25, 0.3) is 0 Å². The lowest BCUT2D eigenvalue weighted by molar-refractivity contribution is 0.208. The molecule has 10 nitrogen and oxygen atoms in total. The molecule has 0 radical (unpaired) electrons. The van der Waals surface area contributed by atoms with Crippen LogP contribution in [0.5, 0.6) is 28.7 Å². The monoisotopic (exact) mass is 488 g/mol. The summed E-state index contributed by atoms with van der Waals surface area (Å²) in [6, 6.07) is 6.96. The Morgan fingerprint density at radius 3 is 2.00 bits per heavy atom. The molecule has 1 fully saturated rings. The van der Waals surface area contributed by atoms with E-state index in [0.29, 0.717) is 54.9 Å². The first-order chi connectivity index (χ1) is 16.5. The lowest BCUT2D eigenvalue weighted by atomic mass is 10.2. The van der Waals surface area contributed by atoms with Crippen LogP contribution in [0.1, 0.15) is 0 Å². The molecule has 1 aliphatic rings. The number of carbonyl (C=O) groups excluding carboxylic acids is 1. The number of aromatic nitrogens is 1. The quantitative estimate of drug-likeness (QED) is 0.538. The van der Waals surface area contributed by atoms with Crippen molar-refractivity contribution >= 4 is 38.4 Å². The van der Waals surface area contributed by atoms with Crippen LogP contribution in [0.25, 0.3) is 10.2 Å². The first kappa shape index (κ1) is 23.6. The maximum Gasteiger partial charge on any atom is 0.321 e. The van der Waals surface area contributed by atoms with E-state index in [-0.39, 0.29) is 6.03 Å². The van der Waals surface area contributed by atoms with E-state index < -0.39 is 0 Å². The maximum atomic E-state index is 12.9. The first-order valence-corrected chi connectivity index (χ1v) is 11.5. The second-order valence-corrected chi connectivity index (χ2v) is 8.44. The minimum Gasteiger partial charge on any atom is -0.495 e. The van der Waals surface area contributed by atoms with Crippen LogP contribution in [-0.2, 0) is 0 Å². The summed E-state index contributed by atoms with van der Waals surface area (Å²) in [5.41, 5.74) is 1.34. The highest BCUT2D eigenvalue weighted by Gasteiger charge is 2.25. The minimum atomic E-state index is -0.193. The van der Waals surface area contributed by atoms with E-state index >= 15 is 0 Å². The predicted molar refractivity (Wildman–Crippen MR) is 132 cm³/mol. The maximum absolute atomic E-state index is 12.9. The van der Waals surface area contributed by atoms with E-state index in [0.717, 1.165) is 21.1 Å². The molecule has 11 heteroatoms. The third-order valence-corrected chi connectivity index (χ3v) is 6.78. The number of hydrogen-bond acceptors (Lipinski definition) is 9. The Hall–Kier alpha value is -3.60. The number of hydrogen-bond donors (Lipinski definition) is 1. The number of ether oxygens (including phenoxy) is 5. The highest BCUT2D eigenvalue weighted by molar-refractivity contribution is 7.22. The molecular weight excluding hydrogens is 460 g/mol. The van der Waals surface area contributed by atoms with Gasteiger partial charge in [0.05, 0.1) is 41.2 Å². The number of carbonyl (C=O) groups is 1. The summed E-state index contributed by atoms with van der Waals surface area (Å²) in [6.45, 7) is 2.43. The van der Waals surface area contributed by atoms with E-state index in [1.54, 1.807) is 42.6 Å². The number of nitrogens with one attached hydrogen (secondary N) is 1. The highest BCUT2D eigenvalue weighted by atomic mass is 32.1. The summed E-state index contributed by atoms with van der Waals surface area (Å²) in [5, 5.41) is 3.80. The van der Waals surface area contributed by atoms with Gasteiger partial charge in [0.2, 0.25) is 5.75 Å². The summed E-state index contributed by atoms with van der Waals surface area (Å²) in [5.74, 6) is 2.90. The Kier molecular flexibility index (Phi) is 7.01. The lowest BCUT2D eigenvalue weighted by Gasteiger charge is -2.34. The Morgan fingerprint density at radius 1 is 0.853 bits per heavy atom. The second-order valence-electron chi connectivity index (χ2n) is 7.46. The Labute approximate surface area is 201 Å². The number of methoxy groups -OCH3 is 5. The molecule has 0 bridgehead atoms. The number of rotatable bonds is 7. The van der Waals surface area contributed by atoms with E-state index in [4.69, 9.17) is 28.7 Å². The third kappa shape index (κ3) is 4.43. The predicted octanol–water partition coefficient (Wildman–Crippen LogP) is 3.69. The van der Waals surface area contributed by atoms with Crippen molar-refractivity contribution in [1.82, 2.24) is 9.88 Å². The average Bonchev–Trinajstić information content (AvgIpc) is 3.33. The van der Waals surface area contributed by atoms with Gasteiger partial charge in [-0.05, 0) is 12.1 Å². The van der Waals surface area contributed by atoms with Crippen molar-refractivity contribution in [1.29, 1.82) is 0 Å². The zero-order valence-corrected chi connectivity index (χ0v) is 20.7. The molecule has 0 spiro atoms. The fraction of sp³-hybridized carbons (Fsp3) is 0.391. The molecule has 1 aliphatic heterocycles. The molecule has 182 valence electrons. The van der Waals surface area contributed by atoms with Gasteiger partial charge in [-0.15, -0.1) is 0 Å². The molecule has 2 aromatic carbocycles. The molecule has 0 aliphatic carbocycles. The normalized spacial score (nSPS) is 13.6. The number of nitrogens with zero attached hydrogens (tertiary/aromatic N) is 3. The summed E-state index contributed by atoms with van der Waals surface area (Å²) in [7, 11) is 7.89. The molecular formula is C23H28N4O6S. The highest BCUT2D eigenvalue weighted by Crippen LogP contribution is 2.41. The van der Waals surface area contributed by atoms with Crippen LogP contribution in [0.2, 0.25) is 0 Å². The van der Waals surface area contributed by atoms with Gasteiger partial charge in [-0.3, -0.25) is 0 Å². The van der Waals surface area contributed by atoms with Gasteiger partial charge in [0.15, 0.2) is 16.6 Å². The molecule has 34 heavy (non-hydrogen) atoms. The Bertz CT molecular complexity index is 1110. The van der Waals surface area contributed by atoms with Gasteiger partial charge in [-0.2, -0.15) is 0 Å². The molecule has 2 heterocycles. The SMILES string of the molecule is COc1cc(NC(=O)N2CCN(c3nc4c(OC)ccc(OC)c4s3)CC2)cc(OC)c1OC. The molecule has 0 atom stereocenters. The van der Waals surface area contributed by atoms with Crippen molar-refractivity contribution in [3.63, 3.8) is 0 Å². The van der Waals surface area contributed by atoms with E-state index in [1.807, 2.05) is 12.1 Å². The molecule has 1 saturated heterocycles. The second kappa shape index (κ2) is 10.1. The number of benzene rings is 2. The average molecular weight is 489 g/mol. The lowest BCUT2D eigenvalue weighted by Crippen LogP contribution is -2.50. The molecule has 3 aromatic rings. The van der Waals surface area contributed by atoms with Crippen molar-refractivity contribution < 1.29 is 28.5 Å². The zero-order valence-electron chi connectivity index (χ0n) is 19.8. The van der Waals surface area contributed by atoms with E-state index in [9.17, 15) is 4.79 Å². The Balaban J connectivity index is 1.45. The minimum absolute atomic E-state index is 0.193. The van der Waals surface area contributed by atoms with E-state index in [2.05, 4.69) is 10.2 Å². The number of thiazole rings is 1. The zero-order chi connectivity index (χ0) is 24.2. The fourth-order valence-electron chi connectivity index (χ4n) is 3.87. The fourth-order valence-corrected chi connectivity index (χ4v) is 4.99. The number of fused-ring (bicyclic) bond motifs is 1. The summed E-state index contributed by atoms with van der Waals surface area (Å²) >= 11 is 1.56. The van der Waals surface area contributed by atoms with Crippen LogP contribution in [0.15, 0.2) is 24.3 Å². The number of piperazine rings is 1. The number of urea groups is 1. The molecule has 0 saturated carbocycles. The van der Waals surface area contributed by atoms with Gasteiger partial charge in [-0.1, -0.05) is 11.3 Å².